The van der Waals surface area contributed by atoms with Crippen LogP contribution in [0.15, 0.2) is 79.3 Å². The van der Waals surface area contributed by atoms with Crippen LogP contribution in [-0.2, 0) is 20.8 Å². The first-order valence-corrected chi connectivity index (χ1v) is 19.7. The van der Waals surface area contributed by atoms with Crippen LogP contribution in [0, 0.1) is 5.82 Å². The van der Waals surface area contributed by atoms with Crippen molar-refractivity contribution in [1.82, 2.24) is 39.6 Å². The highest BCUT2D eigenvalue weighted by Gasteiger charge is 2.42. The summed E-state index contributed by atoms with van der Waals surface area (Å²) in [6.45, 7) is 12.4. The minimum absolute atomic E-state index is 0.141. The maximum Gasteiger partial charge on any atom is 0.407 e. The van der Waals surface area contributed by atoms with Crippen molar-refractivity contribution < 1.29 is 33.0 Å². The first-order valence-electron chi connectivity index (χ1n) is 19.4. The van der Waals surface area contributed by atoms with E-state index >= 15 is 0 Å². The third-order valence-corrected chi connectivity index (χ3v) is 10.5. The van der Waals surface area contributed by atoms with Gasteiger partial charge in [0, 0.05) is 70.0 Å². The van der Waals surface area contributed by atoms with Crippen LogP contribution in [0.2, 0.25) is 5.02 Å². The summed E-state index contributed by atoms with van der Waals surface area (Å²) < 4.78 is 33.8. The van der Waals surface area contributed by atoms with Crippen LogP contribution in [0.4, 0.5) is 9.18 Å². The van der Waals surface area contributed by atoms with Gasteiger partial charge >= 0.3 is 12.1 Å². The van der Waals surface area contributed by atoms with Gasteiger partial charge in [0.1, 0.15) is 29.3 Å². The number of amides is 2. The van der Waals surface area contributed by atoms with Crippen molar-refractivity contribution in [2.75, 3.05) is 59.5 Å². The Morgan fingerprint density at radius 1 is 0.948 bits per heavy atom. The van der Waals surface area contributed by atoms with Gasteiger partial charge in [-0.25, -0.2) is 18.7 Å². The summed E-state index contributed by atoms with van der Waals surface area (Å²) in [6.07, 6.45) is 4.33. The SMILES string of the molecule is COC(=O)[C@@H]1C[C@H](Oc2cccc(-c3cccc4nn(CCN5CCN(CCNC(=O)OC(C)(C)C)CC5)cc34)c2)CN1C(=O)c1cnn(-c2ccc(F)cc2Cl)c1. The summed E-state index contributed by atoms with van der Waals surface area (Å²) in [6, 6.07) is 16.9. The quantitative estimate of drug-likeness (QED) is 0.157. The predicted octanol–water partition coefficient (Wildman–Crippen LogP) is 5.66. The molecular formula is C42H48ClFN8O6. The van der Waals surface area contributed by atoms with Gasteiger partial charge in [-0.05, 0) is 68.3 Å². The number of methoxy groups -OCH3 is 1. The third kappa shape index (κ3) is 9.77. The minimum Gasteiger partial charge on any atom is -0.488 e. The average Bonchev–Trinajstić information content (AvgIpc) is 3.95. The fraction of sp³-hybridized carbons (Fsp3) is 0.405. The number of nitrogens with zero attached hydrogens (tertiary/aromatic N) is 7. The Morgan fingerprint density at radius 2 is 1.71 bits per heavy atom. The fourth-order valence-electron chi connectivity index (χ4n) is 7.36. The molecule has 0 aliphatic carbocycles. The van der Waals surface area contributed by atoms with Crippen LogP contribution in [0.25, 0.3) is 27.7 Å². The van der Waals surface area contributed by atoms with Gasteiger partial charge in [0.25, 0.3) is 5.91 Å². The third-order valence-electron chi connectivity index (χ3n) is 10.2. The highest BCUT2D eigenvalue weighted by molar-refractivity contribution is 6.32. The van der Waals surface area contributed by atoms with Crippen molar-refractivity contribution >= 4 is 40.5 Å². The molecule has 4 heterocycles. The highest BCUT2D eigenvalue weighted by Crippen LogP contribution is 2.32. The Morgan fingerprint density at radius 3 is 2.45 bits per heavy atom. The summed E-state index contributed by atoms with van der Waals surface area (Å²) in [4.78, 5) is 44.8. The van der Waals surface area contributed by atoms with E-state index < -0.39 is 35.4 Å². The smallest absolute Gasteiger partial charge is 0.407 e. The lowest BCUT2D eigenvalue weighted by atomic mass is 10.0. The van der Waals surface area contributed by atoms with E-state index in [0.717, 1.165) is 67.8 Å². The second-order valence-corrected chi connectivity index (χ2v) is 15.9. The largest absolute Gasteiger partial charge is 0.488 e. The normalized spacial score (nSPS) is 17.7. The molecule has 2 fully saturated rings. The summed E-state index contributed by atoms with van der Waals surface area (Å²) in [5, 5.41) is 13.1. The summed E-state index contributed by atoms with van der Waals surface area (Å²) in [5.74, 6) is -0.852. The zero-order valence-electron chi connectivity index (χ0n) is 33.1. The zero-order chi connectivity index (χ0) is 41.0. The Bertz CT molecular complexity index is 2270. The number of fused-ring (bicyclic) bond motifs is 1. The minimum atomic E-state index is -0.861. The Hall–Kier alpha value is -5.51. The number of halogens is 2. The van der Waals surface area contributed by atoms with Gasteiger partial charge in [-0.2, -0.15) is 10.2 Å². The maximum atomic E-state index is 13.7. The lowest BCUT2D eigenvalue weighted by molar-refractivity contribution is -0.145. The molecule has 58 heavy (non-hydrogen) atoms. The number of nitrogens with one attached hydrogen (secondary N) is 1. The van der Waals surface area contributed by atoms with E-state index in [0.29, 0.717) is 18.0 Å². The van der Waals surface area contributed by atoms with Crippen molar-refractivity contribution in [2.45, 2.75) is 51.5 Å². The van der Waals surface area contributed by atoms with Crippen molar-refractivity contribution in [3.63, 3.8) is 0 Å². The lowest BCUT2D eigenvalue weighted by Crippen LogP contribution is -2.49. The molecule has 5 aromatic rings. The molecule has 0 bridgehead atoms. The van der Waals surface area contributed by atoms with E-state index in [4.69, 9.17) is 30.9 Å². The number of carbonyl (C=O) groups is 3. The van der Waals surface area contributed by atoms with Crippen molar-refractivity contribution in [1.29, 1.82) is 0 Å². The molecule has 3 aromatic carbocycles. The average molecular weight is 815 g/mol. The van der Waals surface area contributed by atoms with E-state index in [1.165, 1.54) is 47.3 Å². The molecule has 2 saturated heterocycles. The molecule has 2 atom stereocenters. The zero-order valence-corrected chi connectivity index (χ0v) is 33.8. The van der Waals surface area contributed by atoms with Gasteiger partial charge in [-0.1, -0.05) is 35.9 Å². The van der Waals surface area contributed by atoms with E-state index in [-0.39, 0.29) is 29.6 Å². The monoisotopic (exact) mass is 814 g/mol. The Labute approximate surface area is 341 Å². The number of aromatic nitrogens is 4. The molecule has 0 saturated carbocycles. The molecule has 14 nitrogen and oxygen atoms in total. The molecule has 1 N–H and O–H groups in total. The Kier molecular flexibility index (Phi) is 12.3. The van der Waals surface area contributed by atoms with Crippen molar-refractivity contribution in [3.05, 3.63) is 95.7 Å². The van der Waals surface area contributed by atoms with Crippen LogP contribution in [-0.4, -0.2) is 129 Å². The number of carbonyl (C=O) groups excluding carboxylic acids is 3. The summed E-state index contributed by atoms with van der Waals surface area (Å²) in [7, 11) is 1.29. The van der Waals surface area contributed by atoms with Gasteiger partial charge in [0.05, 0.1) is 48.2 Å². The number of likely N-dealkylation sites (tertiary alicyclic amines) is 1. The van der Waals surface area contributed by atoms with Crippen LogP contribution >= 0.6 is 11.6 Å². The van der Waals surface area contributed by atoms with Crippen LogP contribution in [0.1, 0.15) is 37.6 Å². The second kappa shape index (κ2) is 17.5. The first kappa shape index (κ1) is 40.7. The molecule has 0 spiro atoms. The molecule has 2 aromatic heterocycles. The van der Waals surface area contributed by atoms with Crippen LogP contribution in [0.5, 0.6) is 5.75 Å². The number of rotatable bonds is 12. The number of alkyl carbamates (subject to hydrolysis) is 1. The number of esters is 1. The topological polar surface area (TPSA) is 136 Å². The number of piperazine rings is 1. The molecule has 0 unspecified atom stereocenters. The molecular weight excluding hydrogens is 767 g/mol. The van der Waals surface area contributed by atoms with Gasteiger partial charge in [0.2, 0.25) is 0 Å². The molecule has 2 aliphatic heterocycles. The van der Waals surface area contributed by atoms with E-state index in [2.05, 4.69) is 32.5 Å². The molecule has 7 rings (SSSR count). The fourth-order valence-corrected chi connectivity index (χ4v) is 7.62. The maximum absolute atomic E-state index is 13.7. The number of hydrogen-bond donors (Lipinski definition) is 1. The molecule has 0 radical (unpaired) electrons. The standard InChI is InChI=1S/C42H48ClFN8O6/c1-42(2,3)58-41(55)45-13-14-48-15-17-49(18-16-48)19-20-50-27-34-33(9-6-10-36(34)47-50)28-7-5-8-31(21-28)57-32-23-38(40(54)56-4)51(26-32)39(53)29-24-46-52(25-29)37-12-11-30(44)22-35(37)43/h5-12,21-22,24-25,27,32,38H,13-20,23,26H2,1-4H3,(H,45,55)/t32-,38-/m0/s1. The Balaban J connectivity index is 0.960. The second-order valence-electron chi connectivity index (χ2n) is 15.5. The van der Waals surface area contributed by atoms with E-state index in [1.54, 1.807) is 0 Å². The van der Waals surface area contributed by atoms with Crippen molar-refractivity contribution in [2.24, 2.45) is 0 Å². The molecule has 16 heteroatoms. The van der Waals surface area contributed by atoms with Gasteiger partial charge in [-0.15, -0.1) is 0 Å². The predicted molar refractivity (Wildman–Crippen MR) is 217 cm³/mol. The van der Waals surface area contributed by atoms with Gasteiger partial charge in [0.15, 0.2) is 0 Å². The highest BCUT2D eigenvalue weighted by atomic mass is 35.5. The van der Waals surface area contributed by atoms with E-state index in [9.17, 15) is 18.8 Å². The molecule has 2 amide bonds. The lowest BCUT2D eigenvalue weighted by Gasteiger charge is -2.34. The van der Waals surface area contributed by atoms with Gasteiger partial charge in [-0.3, -0.25) is 19.3 Å². The summed E-state index contributed by atoms with van der Waals surface area (Å²) in [5.41, 5.74) is 2.98. The van der Waals surface area contributed by atoms with E-state index in [1.807, 2.05) is 61.9 Å². The number of hydrogen-bond acceptors (Lipinski definition) is 10. The van der Waals surface area contributed by atoms with Crippen molar-refractivity contribution in [3.8, 4) is 22.6 Å². The van der Waals surface area contributed by atoms with Gasteiger partial charge < -0.3 is 24.4 Å². The van der Waals surface area contributed by atoms with Crippen LogP contribution in [0.3, 0.4) is 0 Å². The molecule has 306 valence electrons. The molecule has 2 aliphatic rings. The number of ether oxygens (including phenoxy) is 3. The van der Waals surface area contributed by atoms with Crippen LogP contribution < -0.4 is 10.1 Å². The summed E-state index contributed by atoms with van der Waals surface area (Å²) >= 11 is 6.22. The first-order chi connectivity index (χ1) is 27.8. The number of benzene rings is 3.